The van der Waals surface area contributed by atoms with Crippen LogP contribution in [0.15, 0.2) is 131 Å². The maximum absolute atomic E-state index is 10.1. The van der Waals surface area contributed by atoms with Gasteiger partial charge in [-0.25, -0.2) is 0 Å². The molecule has 2 aliphatic rings. The first-order valence-corrected chi connectivity index (χ1v) is 15.0. The van der Waals surface area contributed by atoms with E-state index in [1.807, 2.05) is 0 Å². The lowest BCUT2D eigenvalue weighted by Crippen LogP contribution is -2.59. The Morgan fingerprint density at radius 3 is 1.98 bits per heavy atom. The second-order valence-corrected chi connectivity index (χ2v) is 12.3. The van der Waals surface area contributed by atoms with Gasteiger partial charge in [-0.05, 0) is 59.5 Å². The van der Waals surface area contributed by atoms with Crippen LogP contribution in [0.4, 0.5) is 0 Å². The predicted octanol–water partition coefficient (Wildman–Crippen LogP) is 7.05. The van der Waals surface area contributed by atoms with E-state index < -0.39 is 0 Å². The molecule has 5 heteroatoms. The van der Waals surface area contributed by atoms with Crippen molar-refractivity contribution < 1.29 is 0 Å². The van der Waals surface area contributed by atoms with Crippen LogP contribution in [0, 0.1) is 11.3 Å². The quantitative estimate of drug-likeness (QED) is 0.206. The lowest BCUT2D eigenvalue weighted by atomic mass is 9.35. The number of nitriles is 1. The van der Waals surface area contributed by atoms with Crippen LogP contribution in [0.5, 0.6) is 0 Å². The third kappa shape index (κ3) is 2.68. The molecule has 3 nitrogen and oxygen atoms in total. The SMILES string of the molecule is N#Cc1cc2c3c(c1)-n1c4ccccc4c4cc5c6ccccc6n(-c6ccccc6)c5c(c41)B3c1ccccc1S2. The summed E-state index contributed by atoms with van der Waals surface area (Å²) < 4.78 is 4.91. The second kappa shape index (κ2) is 7.97. The van der Waals surface area contributed by atoms with E-state index in [9.17, 15) is 5.26 Å². The first-order valence-electron chi connectivity index (χ1n) is 14.2. The highest BCUT2D eigenvalue weighted by atomic mass is 32.2. The summed E-state index contributed by atoms with van der Waals surface area (Å²) in [5.41, 5.74) is 11.8. The molecule has 0 radical (unpaired) electrons. The van der Waals surface area contributed by atoms with Crippen LogP contribution in [0.3, 0.4) is 0 Å². The molecular formula is C37H20BN3S. The third-order valence-corrected chi connectivity index (χ3v) is 10.3. The summed E-state index contributed by atoms with van der Waals surface area (Å²) in [7, 11) is 0. The zero-order chi connectivity index (χ0) is 27.5. The maximum Gasteiger partial charge on any atom is 0.252 e. The van der Waals surface area contributed by atoms with Crippen molar-refractivity contribution in [1.82, 2.24) is 9.13 Å². The number of hydrogen-bond donors (Lipinski definition) is 0. The second-order valence-electron chi connectivity index (χ2n) is 11.2. The summed E-state index contributed by atoms with van der Waals surface area (Å²) in [6.45, 7) is 0.0370. The van der Waals surface area contributed by atoms with Crippen LogP contribution < -0.4 is 16.4 Å². The van der Waals surface area contributed by atoms with Crippen molar-refractivity contribution in [3.63, 3.8) is 0 Å². The Labute approximate surface area is 246 Å². The number of benzene rings is 6. The topological polar surface area (TPSA) is 33.6 Å². The van der Waals surface area contributed by atoms with Crippen molar-refractivity contribution in [2.24, 2.45) is 0 Å². The van der Waals surface area contributed by atoms with Gasteiger partial charge in [0.25, 0.3) is 6.71 Å². The molecule has 4 heterocycles. The van der Waals surface area contributed by atoms with Gasteiger partial charge in [0.05, 0.1) is 33.7 Å². The Morgan fingerprint density at radius 1 is 0.571 bits per heavy atom. The Bertz CT molecular complexity index is 2520. The smallest absolute Gasteiger partial charge is 0.252 e. The van der Waals surface area contributed by atoms with Crippen LogP contribution >= 0.6 is 11.8 Å². The first-order chi connectivity index (χ1) is 20.8. The van der Waals surface area contributed by atoms with Crippen molar-refractivity contribution >= 4 is 78.5 Å². The molecular weight excluding hydrogens is 529 g/mol. The van der Waals surface area contributed by atoms with Gasteiger partial charge in [-0.15, -0.1) is 0 Å². The zero-order valence-electron chi connectivity index (χ0n) is 22.4. The van der Waals surface area contributed by atoms with Crippen molar-refractivity contribution in [2.75, 3.05) is 0 Å². The minimum atomic E-state index is 0.0370. The van der Waals surface area contributed by atoms with Gasteiger partial charge in [0.1, 0.15) is 0 Å². The standard InChI is InChI=1S/C37H20BN3S/c39-21-22-18-31-34-33(19-22)42-32-17-9-6-14-28(32)38(34)35-36-26(20-27-25-13-5-8-16-30(25)41(31)37(27)35)24-12-4-7-15-29(24)40(36)23-10-2-1-3-11-23/h1-20H. The minimum absolute atomic E-state index is 0.0370. The largest absolute Gasteiger partial charge is 0.310 e. The molecule has 8 aromatic rings. The molecule has 0 amide bonds. The molecule has 0 bridgehead atoms. The Hall–Kier alpha value is -5.18. The van der Waals surface area contributed by atoms with Gasteiger partial charge < -0.3 is 9.13 Å². The van der Waals surface area contributed by atoms with Gasteiger partial charge in [0, 0.05) is 42.7 Å². The molecule has 6 aromatic carbocycles. The zero-order valence-corrected chi connectivity index (χ0v) is 23.2. The van der Waals surface area contributed by atoms with Crippen molar-refractivity contribution in [2.45, 2.75) is 9.79 Å². The van der Waals surface area contributed by atoms with Gasteiger partial charge in [-0.3, -0.25) is 0 Å². The number of hydrogen-bond acceptors (Lipinski definition) is 2. The maximum atomic E-state index is 10.1. The summed E-state index contributed by atoms with van der Waals surface area (Å²) in [6, 6.07) is 46.2. The monoisotopic (exact) mass is 549 g/mol. The molecule has 0 atom stereocenters. The van der Waals surface area contributed by atoms with Crippen LogP contribution in [-0.4, -0.2) is 15.8 Å². The Kier molecular flexibility index (Phi) is 4.27. The number of aromatic nitrogens is 2. The van der Waals surface area contributed by atoms with E-state index in [2.05, 4.69) is 137 Å². The van der Waals surface area contributed by atoms with E-state index in [-0.39, 0.29) is 6.71 Å². The number of rotatable bonds is 1. The van der Waals surface area contributed by atoms with E-state index in [0.717, 1.165) is 11.4 Å². The molecule has 0 N–H and O–H groups in total. The molecule has 42 heavy (non-hydrogen) atoms. The first kappa shape index (κ1) is 22.5. The summed E-state index contributed by atoms with van der Waals surface area (Å²) >= 11 is 1.79. The fourth-order valence-corrected chi connectivity index (χ4v) is 8.81. The number of para-hydroxylation sites is 3. The number of nitrogens with zero attached hydrogens (tertiary/aromatic N) is 3. The fourth-order valence-electron chi connectivity index (χ4n) is 7.60. The van der Waals surface area contributed by atoms with Gasteiger partial charge in [-0.1, -0.05) is 90.0 Å². The Morgan fingerprint density at radius 2 is 1.21 bits per heavy atom. The molecule has 0 spiro atoms. The van der Waals surface area contributed by atoms with Crippen LogP contribution in [0.2, 0.25) is 0 Å². The third-order valence-electron chi connectivity index (χ3n) is 9.16. The van der Waals surface area contributed by atoms with E-state index >= 15 is 0 Å². The van der Waals surface area contributed by atoms with Gasteiger partial charge >= 0.3 is 0 Å². The van der Waals surface area contributed by atoms with Crippen LogP contribution in [-0.2, 0) is 0 Å². The molecule has 0 unspecified atom stereocenters. The van der Waals surface area contributed by atoms with Gasteiger partial charge in [-0.2, -0.15) is 5.26 Å². The highest BCUT2D eigenvalue weighted by Crippen LogP contribution is 2.43. The lowest BCUT2D eigenvalue weighted by Gasteiger charge is -2.34. The molecule has 0 fully saturated rings. The van der Waals surface area contributed by atoms with E-state index in [0.29, 0.717) is 5.56 Å². The molecule has 0 aliphatic carbocycles. The van der Waals surface area contributed by atoms with Gasteiger partial charge in [0.15, 0.2) is 0 Å². The van der Waals surface area contributed by atoms with Crippen LogP contribution in [0.1, 0.15) is 5.56 Å². The normalized spacial score (nSPS) is 13.1. The van der Waals surface area contributed by atoms with E-state index in [4.69, 9.17) is 0 Å². The molecule has 10 rings (SSSR count). The van der Waals surface area contributed by atoms with Crippen molar-refractivity contribution in [3.05, 3.63) is 127 Å². The predicted molar refractivity (Wildman–Crippen MR) is 175 cm³/mol. The minimum Gasteiger partial charge on any atom is -0.310 e. The fraction of sp³-hybridized carbons (Fsp3) is 0. The molecule has 0 saturated heterocycles. The summed E-state index contributed by atoms with van der Waals surface area (Å²) in [4.78, 5) is 2.43. The van der Waals surface area contributed by atoms with E-state index in [1.165, 1.54) is 69.8 Å². The van der Waals surface area contributed by atoms with Crippen LogP contribution in [0.25, 0.3) is 55.0 Å². The molecule has 0 saturated carbocycles. The summed E-state index contributed by atoms with van der Waals surface area (Å²) in [5.74, 6) is 0. The average Bonchev–Trinajstić information content (AvgIpc) is 3.56. The summed E-state index contributed by atoms with van der Waals surface area (Å²) in [6.07, 6.45) is 0. The van der Waals surface area contributed by atoms with Crippen molar-refractivity contribution in [3.8, 4) is 17.4 Å². The molecule has 192 valence electrons. The highest BCUT2D eigenvalue weighted by Gasteiger charge is 2.42. The summed E-state index contributed by atoms with van der Waals surface area (Å²) in [5, 5.41) is 15.1. The van der Waals surface area contributed by atoms with Crippen molar-refractivity contribution in [1.29, 1.82) is 5.26 Å². The molecule has 2 aromatic heterocycles. The highest BCUT2D eigenvalue weighted by molar-refractivity contribution is 8.00. The van der Waals surface area contributed by atoms with Gasteiger partial charge in [0.2, 0.25) is 0 Å². The lowest BCUT2D eigenvalue weighted by molar-refractivity contribution is 1.16. The number of fused-ring (bicyclic) bond motifs is 11. The molecule has 2 aliphatic heterocycles. The Balaban J connectivity index is 1.54. The van der Waals surface area contributed by atoms with E-state index in [1.54, 1.807) is 11.8 Å². The average molecular weight is 549 g/mol.